The minimum Gasteiger partial charge on any atom is -0.380 e. The van der Waals surface area contributed by atoms with Crippen molar-refractivity contribution < 1.29 is 4.74 Å². The molecule has 4 aliphatic rings. The highest BCUT2D eigenvalue weighted by Gasteiger charge is 2.42. The van der Waals surface area contributed by atoms with Crippen LogP contribution in [0.2, 0.25) is 0 Å². The molecule has 3 aromatic rings. The van der Waals surface area contributed by atoms with Crippen molar-refractivity contribution in [1.29, 1.82) is 0 Å². The average molecular weight is 621 g/mol. The van der Waals surface area contributed by atoms with Crippen molar-refractivity contribution in [3.05, 3.63) is 137 Å². The summed E-state index contributed by atoms with van der Waals surface area (Å²) in [6.07, 6.45) is 26.4. The van der Waals surface area contributed by atoms with Crippen LogP contribution in [0.3, 0.4) is 0 Å². The minimum absolute atomic E-state index is 0.415. The molecule has 0 N–H and O–H groups in total. The van der Waals surface area contributed by atoms with E-state index in [4.69, 9.17) is 17.7 Å². The lowest BCUT2D eigenvalue weighted by Crippen LogP contribution is -2.44. The van der Waals surface area contributed by atoms with Gasteiger partial charge in [-0.15, -0.1) is 6.42 Å². The van der Waals surface area contributed by atoms with E-state index in [9.17, 15) is 0 Å². The number of hydrogen-bond donors (Lipinski definition) is 0. The normalized spacial score (nSPS) is 24.3. The maximum Gasteiger partial charge on any atom is 0.0544 e. The average Bonchev–Trinajstić information content (AvgIpc) is 3.54. The summed E-state index contributed by atoms with van der Waals surface area (Å²) in [5.74, 6) is 5.94. The Balaban J connectivity index is 1.02. The SMILES string of the molecule is C#Cc1ccc(CC2CCC(C(C(=C)CCc3ccccc3)c3ccc(C4=CC(C)C=C4)cc3)CC2)cc1C1CCC2(CC1)COC2. The van der Waals surface area contributed by atoms with E-state index in [2.05, 4.69) is 104 Å². The largest absolute Gasteiger partial charge is 0.380 e. The Morgan fingerprint density at radius 1 is 0.915 bits per heavy atom. The van der Waals surface area contributed by atoms with Crippen LogP contribution in [0.25, 0.3) is 5.57 Å². The first kappa shape index (κ1) is 32.0. The number of allylic oxidation sites excluding steroid dienone is 5. The molecule has 3 aliphatic carbocycles. The zero-order chi connectivity index (χ0) is 32.2. The summed E-state index contributed by atoms with van der Waals surface area (Å²) in [7, 11) is 0. The van der Waals surface area contributed by atoms with Crippen LogP contribution in [0.4, 0.5) is 0 Å². The second-order valence-corrected chi connectivity index (χ2v) is 15.4. The maximum atomic E-state index is 6.02. The van der Waals surface area contributed by atoms with Crippen LogP contribution in [0.1, 0.15) is 110 Å². The smallest absolute Gasteiger partial charge is 0.0544 e. The molecule has 0 bridgehead atoms. The van der Waals surface area contributed by atoms with Crippen LogP contribution >= 0.6 is 0 Å². The number of hydrogen-bond acceptors (Lipinski definition) is 1. The fraction of sp³-hybridized carbons (Fsp3) is 0.435. The maximum absolute atomic E-state index is 6.02. The molecule has 47 heavy (non-hydrogen) atoms. The summed E-state index contributed by atoms with van der Waals surface area (Å²) in [5.41, 5.74) is 11.4. The predicted molar refractivity (Wildman–Crippen MR) is 197 cm³/mol. The molecule has 1 spiro atoms. The van der Waals surface area contributed by atoms with Gasteiger partial charge in [-0.2, -0.15) is 0 Å². The Labute approximate surface area is 284 Å². The molecule has 0 amide bonds. The number of aryl methyl sites for hydroxylation is 1. The number of benzene rings is 3. The molecule has 1 heterocycles. The van der Waals surface area contributed by atoms with Gasteiger partial charge in [0.15, 0.2) is 0 Å². The summed E-state index contributed by atoms with van der Waals surface area (Å²) in [5, 5.41) is 0. The van der Waals surface area contributed by atoms with Crippen molar-refractivity contribution in [3.63, 3.8) is 0 Å². The van der Waals surface area contributed by atoms with Gasteiger partial charge in [0.25, 0.3) is 0 Å². The molecule has 3 fully saturated rings. The molecule has 7 rings (SSSR count). The van der Waals surface area contributed by atoms with E-state index in [1.54, 1.807) is 0 Å². The van der Waals surface area contributed by atoms with Crippen LogP contribution in [0, 0.1) is 35.5 Å². The Bertz CT molecular complexity index is 1630. The van der Waals surface area contributed by atoms with Gasteiger partial charge in [0.1, 0.15) is 0 Å². The van der Waals surface area contributed by atoms with E-state index in [1.165, 1.54) is 96.8 Å². The van der Waals surface area contributed by atoms with Gasteiger partial charge < -0.3 is 4.74 Å². The highest BCUT2D eigenvalue weighted by Crippen LogP contribution is 2.48. The zero-order valence-corrected chi connectivity index (χ0v) is 28.4. The molecule has 2 unspecified atom stereocenters. The van der Waals surface area contributed by atoms with E-state index in [-0.39, 0.29) is 0 Å². The third kappa shape index (κ3) is 7.29. The van der Waals surface area contributed by atoms with E-state index < -0.39 is 0 Å². The van der Waals surface area contributed by atoms with Crippen molar-refractivity contribution in [3.8, 4) is 12.3 Å². The molecule has 3 aromatic carbocycles. The molecule has 242 valence electrons. The third-order valence-corrected chi connectivity index (χ3v) is 12.1. The monoisotopic (exact) mass is 620 g/mol. The first-order chi connectivity index (χ1) is 23.0. The first-order valence-corrected chi connectivity index (χ1v) is 18.4. The van der Waals surface area contributed by atoms with E-state index >= 15 is 0 Å². The van der Waals surface area contributed by atoms with Gasteiger partial charge in [0, 0.05) is 16.9 Å². The molecule has 0 aromatic heterocycles. The standard InChI is InChI=1S/C46H52O/c1-4-38-17-15-37(30-44(38)40-24-26-46(27-25-40)31-47-32-46)29-36-13-18-41(19-14-36)45(34(3)11-12-35-8-6-5-7-9-35)42-22-20-39(21-23-42)43-16-10-33(2)28-43/h1,5-10,15-17,20-23,28,30,33,36,40-41,45H,3,11-14,18-19,24-27,29,31-32H2,2H3. The van der Waals surface area contributed by atoms with Gasteiger partial charge in [-0.3, -0.25) is 0 Å². The zero-order valence-electron chi connectivity index (χ0n) is 28.4. The highest BCUT2D eigenvalue weighted by atomic mass is 16.5. The number of ether oxygens (including phenoxy) is 1. The third-order valence-electron chi connectivity index (χ3n) is 12.1. The van der Waals surface area contributed by atoms with Gasteiger partial charge in [-0.1, -0.05) is 110 Å². The van der Waals surface area contributed by atoms with Crippen molar-refractivity contribution >= 4 is 5.57 Å². The minimum atomic E-state index is 0.415. The van der Waals surface area contributed by atoms with Gasteiger partial charge >= 0.3 is 0 Å². The lowest BCUT2D eigenvalue weighted by Gasteiger charge is -2.46. The van der Waals surface area contributed by atoms with Crippen LogP contribution in [0.15, 0.2) is 103 Å². The molecule has 1 heteroatoms. The van der Waals surface area contributed by atoms with Gasteiger partial charge in [-0.05, 0) is 134 Å². The Morgan fingerprint density at radius 3 is 2.30 bits per heavy atom. The van der Waals surface area contributed by atoms with Crippen LogP contribution in [0.5, 0.6) is 0 Å². The molecule has 2 atom stereocenters. The molecule has 1 nitrogen and oxygen atoms in total. The lowest BCUT2D eigenvalue weighted by atomic mass is 9.67. The summed E-state index contributed by atoms with van der Waals surface area (Å²) >= 11 is 0. The van der Waals surface area contributed by atoms with Crippen molar-refractivity contribution in [2.75, 3.05) is 13.2 Å². The summed E-state index contributed by atoms with van der Waals surface area (Å²) in [6.45, 7) is 8.94. The summed E-state index contributed by atoms with van der Waals surface area (Å²) in [6, 6.07) is 27.5. The molecule has 0 radical (unpaired) electrons. The first-order valence-electron chi connectivity index (χ1n) is 18.4. The Kier molecular flexibility index (Phi) is 9.70. The Morgan fingerprint density at radius 2 is 1.66 bits per heavy atom. The van der Waals surface area contributed by atoms with Crippen LogP contribution < -0.4 is 0 Å². The molecule has 1 saturated heterocycles. The molecule has 1 aliphatic heterocycles. The Hall–Kier alpha value is -3.60. The van der Waals surface area contributed by atoms with Crippen LogP contribution in [-0.4, -0.2) is 13.2 Å². The summed E-state index contributed by atoms with van der Waals surface area (Å²) in [4.78, 5) is 0. The van der Waals surface area contributed by atoms with Crippen molar-refractivity contribution in [2.45, 2.75) is 89.4 Å². The highest BCUT2D eigenvalue weighted by molar-refractivity contribution is 5.76. The topological polar surface area (TPSA) is 9.23 Å². The molecular formula is C46H52O. The quantitative estimate of drug-likeness (QED) is 0.162. The second-order valence-electron chi connectivity index (χ2n) is 15.4. The van der Waals surface area contributed by atoms with E-state index in [0.29, 0.717) is 29.1 Å². The van der Waals surface area contributed by atoms with Crippen LogP contribution in [-0.2, 0) is 17.6 Å². The van der Waals surface area contributed by atoms with Gasteiger partial charge in [0.05, 0.1) is 13.2 Å². The fourth-order valence-corrected chi connectivity index (χ4v) is 9.16. The van der Waals surface area contributed by atoms with Crippen molar-refractivity contribution in [1.82, 2.24) is 0 Å². The summed E-state index contributed by atoms with van der Waals surface area (Å²) < 4.78 is 5.58. The van der Waals surface area contributed by atoms with E-state index in [0.717, 1.165) is 37.5 Å². The van der Waals surface area contributed by atoms with E-state index in [1.807, 2.05) is 0 Å². The molecular weight excluding hydrogens is 569 g/mol. The number of terminal acetylenes is 1. The van der Waals surface area contributed by atoms with Crippen molar-refractivity contribution in [2.24, 2.45) is 23.2 Å². The number of rotatable bonds is 10. The fourth-order valence-electron chi connectivity index (χ4n) is 9.16. The predicted octanol–water partition coefficient (Wildman–Crippen LogP) is 11.3. The second kappa shape index (κ2) is 14.3. The molecule has 2 saturated carbocycles. The lowest BCUT2D eigenvalue weighted by molar-refractivity contribution is -0.132. The van der Waals surface area contributed by atoms with Gasteiger partial charge in [-0.25, -0.2) is 0 Å². The van der Waals surface area contributed by atoms with Gasteiger partial charge in [0.2, 0.25) is 0 Å².